The second-order valence-corrected chi connectivity index (χ2v) is 12.2. The topological polar surface area (TPSA) is 122 Å². The number of benzene rings is 2. The Hall–Kier alpha value is -3.70. The highest BCUT2D eigenvalue weighted by molar-refractivity contribution is 7.99. The van der Waals surface area contributed by atoms with Gasteiger partial charge in [-0.05, 0) is 71.2 Å². The summed E-state index contributed by atoms with van der Waals surface area (Å²) in [6, 6.07) is 12.5. The van der Waals surface area contributed by atoms with Crippen molar-refractivity contribution in [3.8, 4) is 0 Å². The average molecular weight is 596 g/mol. The van der Waals surface area contributed by atoms with E-state index in [4.69, 9.17) is 9.47 Å². The first-order valence-corrected chi connectivity index (χ1v) is 15.1. The maximum absolute atomic E-state index is 13.8. The maximum atomic E-state index is 13.8. The number of amides is 3. The lowest BCUT2D eigenvalue weighted by Crippen LogP contribution is -2.54. The third-order valence-electron chi connectivity index (χ3n) is 6.81. The van der Waals surface area contributed by atoms with E-state index in [1.807, 2.05) is 12.1 Å². The van der Waals surface area contributed by atoms with Crippen LogP contribution in [0.3, 0.4) is 0 Å². The van der Waals surface area contributed by atoms with Crippen LogP contribution in [-0.2, 0) is 23.9 Å². The van der Waals surface area contributed by atoms with Crippen LogP contribution >= 0.6 is 11.8 Å². The third kappa shape index (κ3) is 7.38. The summed E-state index contributed by atoms with van der Waals surface area (Å²) in [4.78, 5) is 68.3. The molecule has 0 unspecified atom stereocenters. The Morgan fingerprint density at radius 2 is 1.62 bits per heavy atom. The number of imide groups is 1. The van der Waals surface area contributed by atoms with Crippen molar-refractivity contribution in [2.24, 2.45) is 0 Å². The largest absolute Gasteiger partial charge is 0.465 e. The zero-order valence-electron chi connectivity index (χ0n) is 24.4. The molecule has 4 rings (SSSR count). The van der Waals surface area contributed by atoms with Gasteiger partial charge in [-0.25, -0.2) is 0 Å². The number of unbranched alkanes of at least 4 members (excludes halogenated alkanes) is 1. The predicted octanol–water partition coefficient (Wildman–Crippen LogP) is 3.82. The molecule has 0 spiro atoms. The minimum absolute atomic E-state index is 0.176. The van der Waals surface area contributed by atoms with Crippen LogP contribution in [0.2, 0.25) is 0 Å². The molecule has 42 heavy (non-hydrogen) atoms. The lowest BCUT2D eigenvalue weighted by Gasteiger charge is -2.28. The Balaban J connectivity index is 1.43. The summed E-state index contributed by atoms with van der Waals surface area (Å²) in [5.74, 6) is -1.67. The number of para-hydroxylation sites is 1. The molecular formula is C31H37N3O7S. The van der Waals surface area contributed by atoms with Gasteiger partial charge in [-0.2, -0.15) is 0 Å². The van der Waals surface area contributed by atoms with Crippen molar-refractivity contribution in [3.05, 3.63) is 59.7 Å². The van der Waals surface area contributed by atoms with Gasteiger partial charge in [0.2, 0.25) is 5.91 Å². The Bertz CT molecular complexity index is 1320. The number of esters is 2. The first kappa shape index (κ1) is 31.2. The van der Waals surface area contributed by atoms with Gasteiger partial charge in [0.05, 0.1) is 29.5 Å². The van der Waals surface area contributed by atoms with E-state index in [0.717, 1.165) is 4.90 Å². The molecule has 10 nitrogen and oxygen atoms in total. The lowest BCUT2D eigenvalue weighted by molar-refractivity contribution is -0.154. The number of carbonyl (C=O) groups excluding carboxylic acids is 5. The standard InChI is InChI=1S/C31H37N3O7S/c1-5-40-30(39)22(14-10-11-17-33-27(36)20-12-6-7-13-21(20)28(33)37)32-23-19-42-25-16-9-8-15-24(25)34(29(23)38)18-26(35)41-31(2,3)4/h6-9,12-13,15-16,22-23,32H,5,10-11,14,17-19H2,1-4H3/t22-,23+/m1/s1. The Labute approximate surface area is 250 Å². The fourth-order valence-electron chi connectivity index (χ4n) is 4.95. The van der Waals surface area contributed by atoms with Crippen LogP contribution in [0.25, 0.3) is 0 Å². The third-order valence-corrected chi connectivity index (χ3v) is 7.97. The number of nitrogens with one attached hydrogen (secondary N) is 1. The first-order chi connectivity index (χ1) is 20.0. The summed E-state index contributed by atoms with van der Waals surface area (Å²) in [6.07, 6.45) is 1.31. The highest BCUT2D eigenvalue weighted by Gasteiger charge is 2.37. The molecule has 11 heteroatoms. The number of anilines is 1. The van der Waals surface area contributed by atoms with Crippen LogP contribution in [-0.4, -0.2) is 77.7 Å². The van der Waals surface area contributed by atoms with Gasteiger partial charge in [-0.1, -0.05) is 24.3 Å². The van der Waals surface area contributed by atoms with Crippen LogP contribution in [0.1, 0.15) is 67.7 Å². The molecule has 0 aliphatic carbocycles. The first-order valence-electron chi connectivity index (χ1n) is 14.1. The molecule has 2 atom stereocenters. The fraction of sp³-hybridized carbons (Fsp3) is 0.452. The number of hydrogen-bond acceptors (Lipinski definition) is 9. The van der Waals surface area contributed by atoms with Gasteiger partial charge >= 0.3 is 11.9 Å². The zero-order valence-corrected chi connectivity index (χ0v) is 25.2. The number of nitrogens with zero attached hydrogens (tertiary/aromatic N) is 2. The molecule has 3 amide bonds. The van der Waals surface area contributed by atoms with E-state index in [2.05, 4.69) is 5.32 Å². The average Bonchev–Trinajstić information content (AvgIpc) is 3.10. The number of thioether (sulfide) groups is 1. The molecular weight excluding hydrogens is 558 g/mol. The summed E-state index contributed by atoms with van der Waals surface area (Å²) >= 11 is 1.46. The van der Waals surface area contributed by atoms with Crippen molar-refractivity contribution in [2.75, 3.05) is 30.3 Å². The summed E-state index contributed by atoms with van der Waals surface area (Å²) in [7, 11) is 0. The Kier molecular flexibility index (Phi) is 10.1. The monoisotopic (exact) mass is 595 g/mol. The Morgan fingerprint density at radius 1 is 0.976 bits per heavy atom. The quantitative estimate of drug-likeness (QED) is 0.235. The molecule has 2 aliphatic rings. The van der Waals surface area contributed by atoms with Gasteiger partial charge in [-0.15, -0.1) is 11.8 Å². The van der Waals surface area contributed by atoms with Crippen molar-refractivity contribution in [1.29, 1.82) is 0 Å². The Morgan fingerprint density at radius 3 is 2.26 bits per heavy atom. The van der Waals surface area contributed by atoms with Gasteiger partial charge in [0.25, 0.3) is 11.8 Å². The summed E-state index contributed by atoms with van der Waals surface area (Å²) in [5, 5.41) is 3.19. The second-order valence-electron chi connectivity index (χ2n) is 11.1. The van der Waals surface area contributed by atoms with E-state index >= 15 is 0 Å². The molecule has 2 aromatic rings. The van der Waals surface area contributed by atoms with E-state index in [0.29, 0.717) is 41.8 Å². The maximum Gasteiger partial charge on any atom is 0.326 e. The molecule has 0 saturated heterocycles. The highest BCUT2D eigenvalue weighted by atomic mass is 32.2. The molecule has 2 heterocycles. The van der Waals surface area contributed by atoms with Gasteiger partial charge in [-0.3, -0.25) is 39.1 Å². The SMILES string of the molecule is CCOC(=O)[C@@H](CCCCN1C(=O)c2ccccc2C1=O)N[C@H]1CSc2ccccc2N(CC(=O)OC(C)(C)C)C1=O. The number of hydrogen-bond donors (Lipinski definition) is 1. The molecule has 1 N–H and O–H groups in total. The van der Waals surface area contributed by atoms with Crippen molar-refractivity contribution in [1.82, 2.24) is 10.2 Å². The van der Waals surface area contributed by atoms with Crippen LogP contribution < -0.4 is 10.2 Å². The number of ether oxygens (including phenoxy) is 2. The van der Waals surface area contributed by atoms with Crippen LogP contribution in [0.15, 0.2) is 53.4 Å². The summed E-state index contributed by atoms with van der Waals surface area (Å²) in [6.45, 7) is 7.14. The van der Waals surface area contributed by atoms with Crippen molar-refractivity contribution >= 4 is 47.1 Å². The van der Waals surface area contributed by atoms with Crippen LogP contribution in [0.4, 0.5) is 5.69 Å². The molecule has 0 radical (unpaired) electrons. The van der Waals surface area contributed by atoms with Crippen molar-refractivity contribution in [2.45, 2.75) is 69.5 Å². The van der Waals surface area contributed by atoms with E-state index < -0.39 is 29.6 Å². The van der Waals surface area contributed by atoms with Crippen LogP contribution in [0, 0.1) is 0 Å². The highest BCUT2D eigenvalue weighted by Crippen LogP contribution is 2.34. The van der Waals surface area contributed by atoms with E-state index in [1.54, 1.807) is 64.1 Å². The van der Waals surface area contributed by atoms with Gasteiger partial charge in [0.15, 0.2) is 0 Å². The number of carbonyl (C=O) groups is 5. The van der Waals surface area contributed by atoms with Gasteiger partial charge < -0.3 is 9.47 Å². The number of fused-ring (bicyclic) bond motifs is 2. The fourth-order valence-corrected chi connectivity index (χ4v) is 6.04. The van der Waals surface area contributed by atoms with E-state index in [-0.39, 0.29) is 37.4 Å². The van der Waals surface area contributed by atoms with Crippen molar-refractivity contribution in [3.63, 3.8) is 0 Å². The summed E-state index contributed by atoms with van der Waals surface area (Å²) < 4.78 is 10.8. The lowest BCUT2D eigenvalue weighted by atomic mass is 10.1. The minimum atomic E-state index is -0.800. The molecule has 0 fully saturated rings. The normalized spacial score (nSPS) is 17.4. The molecule has 2 aliphatic heterocycles. The predicted molar refractivity (Wildman–Crippen MR) is 158 cm³/mol. The molecule has 224 valence electrons. The van der Waals surface area contributed by atoms with Gasteiger partial charge in [0, 0.05) is 17.2 Å². The van der Waals surface area contributed by atoms with E-state index in [1.165, 1.54) is 21.6 Å². The van der Waals surface area contributed by atoms with E-state index in [9.17, 15) is 24.0 Å². The smallest absolute Gasteiger partial charge is 0.326 e. The number of rotatable bonds is 11. The second kappa shape index (κ2) is 13.5. The molecule has 0 bridgehead atoms. The summed E-state index contributed by atoms with van der Waals surface area (Å²) in [5.41, 5.74) is 0.695. The van der Waals surface area contributed by atoms with Crippen molar-refractivity contribution < 1.29 is 33.4 Å². The zero-order chi connectivity index (χ0) is 30.4. The molecule has 0 aromatic heterocycles. The minimum Gasteiger partial charge on any atom is -0.465 e. The van der Waals surface area contributed by atoms with Crippen LogP contribution in [0.5, 0.6) is 0 Å². The van der Waals surface area contributed by atoms with Gasteiger partial charge in [0.1, 0.15) is 18.2 Å². The molecule has 0 saturated carbocycles. The molecule has 2 aromatic carbocycles.